The van der Waals surface area contributed by atoms with Gasteiger partial charge in [0.25, 0.3) is 0 Å². The Hall–Kier alpha value is -1.06. The number of hydrogen-bond donors (Lipinski definition) is 1. The van der Waals surface area contributed by atoms with Crippen LogP contribution >= 0.6 is 0 Å². The fourth-order valence-corrected chi connectivity index (χ4v) is 0.925. The van der Waals surface area contributed by atoms with E-state index in [0.717, 1.165) is 6.42 Å². The van der Waals surface area contributed by atoms with Crippen LogP contribution in [0.1, 0.15) is 13.3 Å². The minimum atomic E-state index is -0.468. The summed E-state index contributed by atoms with van der Waals surface area (Å²) >= 11 is 0. The molecule has 56 valence electrons. The quantitative estimate of drug-likeness (QED) is 0.574. The molecule has 0 aromatic heterocycles. The Kier molecular flexibility index (Phi) is 1.89. The molecule has 0 aliphatic carbocycles. The number of nitrogens with zero attached hydrogens (tertiary/aromatic N) is 1. The van der Waals surface area contributed by atoms with E-state index in [1.54, 1.807) is 0 Å². The third-order valence-corrected chi connectivity index (χ3v) is 1.50. The highest BCUT2D eigenvalue weighted by molar-refractivity contribution is 5.83. The van der Waals surface area contributed by atoms with E-state index in [0.29, 0.717) is 0 Å². The third-order valence-electron chi connectivity index (χ3n) is 1.50. The van der Waals surface area contributed by atoms with Crippen LogP contribution in [0.2, 0.25) is 0 Å². The van der Waals surface area contributed by atoms with E-state index in [1.807, 2.05) is 6.92 Å². The predicted molar refractivity (Wildman–Crippen MR) is 36.6 cm³/mol. The van der Waals surface area contributed by atoms with Crippen molar-refractivity contribution in [2.75, 3.05) is 0 Å². The van der Waals surface area contributed by atoms with Crippen LogP contribution in [0.5, 0.6) is 0 Å². The molecule has 0 fully saturated rings. The van der Waals surface area contributed by atoms with E-state index < -0.39 is 11.9 Å². The molecule has 0 spiro atoms. The Bertz CT molecular complexity index is 167. The summed E-state index contributed by atoms with van der Waals surface area (Å²) in [4.78, 5) is 14.4. The van der Waals surface area contributed by atoms with E-state index in [4.69, 9.17) is 10.5 Å². The second-order valence-electron chi connectivity index (χ2n) is 2.18. The number of aliphatic imine (C=N–C) groups is 1. The average molecular weight is 142 g/mol. The molecule has 0 saturated carbocycles. The fourth-order valence-electron chi connectivity index (χ4n) is 0.925. The number of carbonyl (C=O) groups is 1. The van der Waals surface area contributed by atoms with Crippen LogP contribution in [0.4, 0.5) is 0 Å². The van der Waals surface area contributed by atoms with Crippen molar-refractivity contribution in [3.8, 4) is 0 Å². The lowest BCUT2D eigenvalue weighted by Crippen LogP contribution is -2.34. The van der Waals surface area contributed by atoms with Gasteiger partial charge in [-0.25, -0.2) is 4.99 Å². The lowest BCUT2D eigenvalue weighted by Gasteiger charge is -2.10. The second-order valence-corrected chi connectivity index (χ2v) is 2.18. The largest absolute Gasteiger partial charge is 0.478 e. The van der Waals surface area contributed by atoms with E-state index in [9.17, 15) is 4.79 Å². The van der Waals surface area contributed by atoms with Gasteiger partial charge in [-0.15, -0.1) is 0 Å². The van der Waals surface area contributed by atoms with Crippen molar-refractivity contribution >= 4 is 12.3 Å². The molecule has 0 saturated heterocycles. The molecule has 1 heterocycles. The van der Waals surface area contributed by atoms with Crippen molar-refractivity contribution in [2.45, 2.75) is 25.5 Å². The van der Waals surface area contributed by atoms with Crippen LogP contribution in [-0.4, -0.2) is 24.5 Å². The zero-order chi connectivity index (χ0) is 7.56. The van der Waals surface area contributed by atoms with Crippen molar-refractivity contribution in [2.24, 2.45) is 10.7 Å². The van der Waals surface area contributed by atoms with Gasteiger partial charge >= 0.3 is 0 Å². The molecule has 1 aliphatic heterocycles. The Morgan fingerprint density at radius 3 is 3.00 bits per heavy atom. The van der Waals surface area contributed by atoms with Gasteiger partial charge < -0.3 is 10.5 Å². The number of carbonyl (C=O) groups excluding carboxylic acids is 1. The van der Waals surface area contributed by atoms with Crippen LogP contribution in [0.25, 0.3) is 0 Å². The first-order valence-electron chi connectivity index (χ1n) is 3.22. The predicted octanol–water partition coefficient (Wildman–Crippen LogP) is -0.323. The van der Waals surface area contributed by atoms with Gasteiger partial charge in [0.15, 0.2) is 12.4 Å². The molecular weight excluding hydrogens is 132 g/mol. The van der Waals surface area contributed by atoms with Gasteiger partial charge in [0.1, 0.15) is 6.10 Å². The SMILES string of the molecule is CC[C@@H]1OC=N[C@H]1C(N)=O. The molecule has 0 unspecified atom stereocenters. The molecule has 1 rings (SSSR count). The van der Waals surface area contributed by atoms with Gasteiger partial charge in [0, 0.05) is 0 Å². The summed E-state index contributed by atoms with van der Waals surface area (Å²) < 4.78 is 4.98. The summed E-state index contributed by atoms with van der Waals surface area (Å²) in [5.74, 6) is -0.416. The monoisotopic (exact) mass is 142 g/mol. The molecule has 0 aromatic carbocycles. The van der Waals surface area contributed by atoms with Crippen LogP contribution in [0.15, 0.2) is 4.99 Å². The van der Waals surface area contributed by atoms with E-state index in [-0.39, 0.29) is 6.10 Å². The number of ether oxygens (including phenoxy) is 1. The first kappa shape index (κ1) is 7.05. The second kappa shape index (κ2) is 2.68. The molecule has 4 heteroatoms. The minimum absolute atomic E-state index is 0.141. The first-order chi connectivity index (χ1) is 4.75. The first-order valence-corrected chi connectivity index (χ1v) is 3.22. The van der Waals surface area contributed by atoms with Gasteiger partial charge in [0.2, 0.25) is 5.91 Å². The number of rotatable bonds is 2. The zero-order valence-electron chi connectivity index (χ0n) is 5.78. The molecule has 2 N–H and O–H groups in total. The van der Waals surface area contributed by atoms with E-state index >= 15 is 0 Å². The fraction of sp³-hybridized carbons (Fsp3) is 0.667. The van der Waals surface area contributed by atoms with E-state index in [2.05, 4.69) is 4.99 Å². The molecule has 10 heavy (non-hydrogen) atoms. The molecule has 4 nitrogen and oxygen atoms in total. The highest BCUT2D eigenvalue weighted by Crippen LogP contribution is 2.11. The Morgan fingerprint density at radius 1 is 1.90 bits per heavy atom. The molecular formula is C6H10N2O2. The van der Waals surface area contributed by atoms with Gasteiger partial charge in [-0.3, -0.25) is 4.79 Å². The van der Waals surface area contributed by atoms with Gasteiger partial charge in [0.05, 0.1) is 0 Å². The highest BCUT2D eigenvalue weighted by atomic mass is 16.5. The summed E-state index contributed by atoms with van der Waals surface area (Å²) in [5.41, 5.74) is 5.03. The summed E-state index contributed by atoms with van der Waals surface area (Å²) in [6.07, 6.45) is 1.91. The Labute approximate surface area is 59.1 Å². The Balaban J connectivity index is 2.57. The molecule has 1 amide bonds. The molecule has 1 aliphatic rings. The van der Waals surface area contributed by atoms with Crippen LogP contribution in [0, 0.1) is 0 Å². The summed E-state index contributed by atoms with van der Waals surface area (Å²) in [5, 5.41) is 0. The Morgan fingerprint density at radius 2 is 2.60 bits per heavy atom. The lowest BCUT2D eigenvalue weighted by atomic mass is 10.1. The third kappa shape index (κ3) is 1.10. The summed E-state index contributed by atoms with van der Waals surface area (Å²) in [6, 6.07) is -0.468. The van der Waals surface area contributed by atoms with Crippen molar-refractivity contribution in [3.63, 3.8) is 0 Å². The van der Waals surface area contributed by atoms with Crippen molar-refractivity contribution in [3.05, 3.63) is 0 Å². The number of primary amides is 1. The maximum atomic E-state index is 10.6. The molecule has 0 bridgehead atoms. The highest BCUT2D eigenvalue weighted by Gasteiger charge is 2.28. The van der Waals surface area contributed by atoms with Crippen LogP contribution in [-0.2, 0) is 9.53 Å². The average Bonchev–Trinajstić information content (AvgIpc) is 2.33. The van der Waals surface area contributed by atoms with Gasteiger partial charge in [-0.2, -0.15) is 0 Å². The lowest BCUT2D eigenvalue weighted by molar-refractivity contribution is -0.120. The molecule has 2 atom stereocenters. The molecule has 0 aromatic rings. The maximum Gasteiger partial charge on any atom is 0.246 e. The van der Waals surface area contributed by atoms with Gasteiger partial charge in [-0.05, 0) is 6.42 Å². The zero-order valence-corrected chi connectivity index (χ0v) is 5.78. The topological polar surface area (TPSA) is 64.7 Å². The normalized spacial score (nSPS) is 30.1. The van der Waals surface area contributed by atoms with E-state index in [1.165, 1.54) is 6.40 Å². The number of nitrogens with two attached hydrogens (primary N) is 1. The van der Waals surface area contributed by atoms with Gasteiger partial charge in [-0.1, -0.05) is 6.92 Å². The molecule has 0 radical (unpaired) electrons. The minimum Gasteiger partial charge on any atom is -0.478 e. The number of amides is 1. The van der Waals surface area contributed by atoms with Crippen molar-refractivity contribution < 1.29 is 9.53 Å². The smallest absolute Gasteiger partial charge is 0.246 e. The standard InChI is InChI=1S/C6H10N2O2/c1-2-4-5(6(7)9)8-3-10-4/h3-5H,2H2,1H3,(H2,7,9)/t4-,5+/m0/s1. The van der Waals surface area contributed by atoms with Crippen LogP contribution in [0.3, 0.4) is 0 Å². The van der Waals surface area contributed by atoms with Crippen molar-refractivity contribution in [1.29, 1.82) is 0 Å². The summed E-state index contributed by atoms with van der Waals surface area (Å²) in [7, 11) is 0. The summed E-state index contributed by atoms with van der Waals surface area (Å²) in [6.45, 7) is 1.93. The van der Waals surface area contributed by atoms with Crippen LogP contribution < -0.4 is 5.73 Å². The maximum absolute atomic E-state index is 10.6. The number of hydrogen-bond acceptors (Lipinski definition) is 3. The van der Waals surface area contributed by atoms with Crippen molar-refractivity contribution in [1.82, 2.24) is 0 Å².